The highest BCUT2D eigenvalue weighted by molar-refractivity contribution is 8.00. The summed E-state index contributed by atoms with van der Waals surface area (Å²) in [5.41, 5.74) is 0. The number of hydrogen-bond acceptors (Lipinski definition) is 2. The van der Waals surface area contributed by atoms with Crippen molar-refractivity contribution in [1.29, 1.82) is 0 Å². The molecule has 1 nitrogen and oxygen atoms in total. The van der Waals surface area contributed by atoms with E-state index in [0.29, 0.717) is 10.8 Å². The van der Waals surface area contributed by atoms with E-state index in [9.17, 15) is 0 Å². The van der Waals surface area contributed by atoms with E-state index in [1.807, 2.05) is 17.8 Å². The summed E-state index contributed by atoms with van der Waals surface area (Å²) in [4.78, 5) is 0. The summed E-state index contributed by atoms with van der Waals surface area (Å²) < 4.78 is 0.377. The standard InChI is InChI=1S/C12H25NS/c1-6-8-9-11(13-7-2)10-14-12(3,4)5/h6,11,13H,1,7-10H2,2-5H3. The predicted octanol–water partition coefficient (Wildman–Crippen LogP) is 3.46. The average molecular weight is 215 g/mol. The maximum atomic E-state index is 3.77. The minimum Gasteiger partial charge on any atom is -0.313 e. The first-order valence-corrected chi connectivity index (χ1v) is 6.46. The average Bonchev–Trinajstić information content (AvgIpc) is 2.08. The number of hydrogen-bond donors (Lipinski definition) is 1. The molecule has 0 spiro atoms. The van der Waals surface area contributed by atoms with Crippen molar-refractivity contribution in [3.05, 3.63) is 12.7 Å². The quantitative estimate of drug-likeness (QED) is 0.653. The lowest BCUT2D eigenvalue weighted by Crippen LogP contribution is -2.32. The molecule has 0 amide bonds. The van der Waals surface area contributed by atoms with Crippen LogP contribution in [0.15, 0.2) is 12.7 Å². The fourth-order valence-corrected chi connectivity index (χ4v) is 2.19. The van der Waals surface area contributed by atoms with Gasteiger partial charge in [-0.05, 0) is 19.4 Å². The second-order valence-electron chi connectivity index (χ2n) is 4.54. The summed E-state index contributed by atoms with van der Waals surface area (Å²) in [6.07, 6.45) is 4.33. The van der Waals surface area contributed by atoms with Crippen molar-refractivity contribution in [2.45, 2.75) is 51.3 Å². The van der Waals surface area contributed by atoms with Gasteiger partial charge in [0.1, 0.15) is 0 Å². The lowest BCUT2D eigenvalue weighted by atomic mass is 10.2. The molecular formula is C12H25NS. The van der Waals surface area contributed by atoms with Gasteiger partial charge in [-0.25, -0.2) is 0 Å². The van der Waals surface area contributed by atoms with Crippen molar-refractivity contribution < 1.29 is 0 Å². The topological polar surface area (TPSA) is 12.0 Å². The molecule has 2 heteroatoms. The van der Waals surface area contributed by atoms with Gasteiger partial charge < -0.3 is 5.32 Å². The van der Waals surface area contributed by atoms with Gasteiger partial charge in [0.2, 0.25) is 0 Å². The lowest BCUT2D eigenvalue weighted by molar-refractivity contribution is 0.540. The molecule has 0 aromatic carbocycles. The van der Waals surface area contributed by atoms with Gasteiger partial charge in [-0.1, -0.05) is 33.8 Å². The minimum absolute atomic E-state index is 0.377. The van der Waals surface area contributed by atoms with Crippen LogP contribution in [0.25, 0.3) is 0 Å². The molecule has 0 aliphatic rings. The highest BCUT2D eigenvalue weighted by atomic mass is 32.2. The lowest BCUT2D eigenvalue weighted by Gasteiger charge is -2.23. The molecule has 1 atom stereocenters. The Morgan fingerprint density at radius 2 is 2.07 bits per heavy atom. The zero-order valence-electron chi connectivity index (χ0n) is 10.1. The number of allylic oxidation sites excluding steroid dienone is 1. The fraction of sp³-hybridized carbons (Fsp3) is 0.833. The minimum atomic E-state index is 0.377. The van der Waals surface area contributed by atoms with E-state index in [1.54, 1.807) is 0 Å². The molecular weight excluding hydrogens is 190 g/mol. The molecule has 1 N–H and O–H groups in total. The van der Waals surface area contributed by atoms with Gasteiger partial charge in [0.05, 0.1) is 0 Å². The van der Waals surface area contributed by atoms with Crippen LogP contribution in [-0.2, 0) is 0 Å². The second-order valence-corrected chi connectivity index (χ2v) is 6.39. The van der Waals surface area contributed by atoms with Crippen LogP contribution in [0.2, 0.25) is 0 Å². The van der Waals surface area contributed by atoms with Crippen molar-refractivity contribution in [2.75, 3.05) is 12.3 Å². The molecule has 0 bridgehead atoms. The zero-order chi connectivity index (χ0) is 11.0. The molecule has 0 rings (SSSR count). The summed E-state index contributed by atoms with van der Waals surface area (Å²) >= 11 is 2.04. The van der Waals surface area contributed by atoms with E-state index in [2.05, 4.69) is 39.6 Å². The van der Waals surface area contributed by atoms with Gasteiger partial charge in [-0.15, -0.1) is 6.58 Å². The van der Waals surface area contributed by atoms with Gasteiger partial charge in [0.25, 0.3) is 0 Å². The normalized spacial score (nSPS) is 14.0. The Kier molecular flexibility index (Phi) is 7.38. The molecule has 0 aliphatic carbocycles. The van der Waals surface area contributed by atoms with E-state index < -0.39 is 0 Å². The fourth-order valence-electron chi connectivity index (χ4n) is 1.20. The van der Waals surface area contributed by atoms with Crippen molar-refractivity contribution >= 4 is 11.8 Å². The Bertz CT molecular complexity index is 149. The SMILES string of the molecule is C=CCCC(CSC(C)(C)C)NCC. The maximum Gasteiger partial charge on any atom is 0.0161 e. The van der Waals surface area contributed by atoms with Crippen LogP contribution >= 0.6 is 11.8 Å². The zero-order valence-corrected chi connectivity index (χ0v) is 10.9. The summed E-state index contributed by atoms with van der Waals surface area (Å²) in [5.74, 6) is 1.20. The molecule has 1 unspecified atom stereocenters. The molecule has 0 aromatic rings. The predicted molar refractivity (Wildman–Crippen MR) is 69.1 cm³/mol. The molecule has 0 saturated carbocycles. The Labute approximate surface area is 93.7 Å². The Balaban J connectivity index is 3.77. The number of nitrogens with one attached hydrogen (secondary N) is 1. The largest absolute Gasteiger partial charge is 0.313 e. The molecule has 84 valence electrons. The van der Waals surface area contributed by atoms with Gasteiger partial charge in [-0.2, -0.15) is 11.8 Å². The van der Waals surface area contributed by atoms with E-state index in [-0.39, 0.29) is 0 Å². The first-order chi connectivity index (χ1) is 6.49. The van der Waals surface area contributed by atoms with Gasteiger partial charge in [0.15, 0.2) is 0 Å². The van der Waals surface area contributed by atoms with Gasteiger partial charge in [0, 0.05) is 16.5 Å². The Morgan fingerprint density at radius 3 is 2.50 bits per heavy atom. The summed E-state index contributed by atoms with van der Waals surface area (Å²) in [6.45, 7) is 13.8. The van der Waals surface area contributed by atoms with Crippen LogP contribution in [0.1, 0.15) is 40.5 Å². The third kappa shape index (κ3) is 8.64. The molecule has 0 heterocycles. The summed E-state index contributed by atoms with van der Waals surface area (Å²) in [7, 11) is 0. The van der Waals surface area contributed by atoms with E-state index in [4.69, 9.17) is 0 Å². The van der Waals surface area contributed by atoms with Gasteiger partial charge >= 0.3 is 0 Å². The van der Waals surface area contributed by atoms with Crippen LogP contribution in [0.5, 0.6) is 0 Å². The van der Waals surface area contributed by atoms with Crippen molar-refractivity contribution in [2.24, 2.45) is 0 Å². The van der Waals surface area contributed by atoms with E-state index >= 15 is 0 Å². The highest BCUT2D eigenvalue weighted by Gasteiger charge is 2.14. The number of rotatable bonds is 7. The molecule has 0 aliphatic heterocycles. The first-order valence-electron chi connectivity index (χ1n) is 5.48. The second kappa shape index (κ2) is 7.36. The van der Waals surface area contributed by atoms with Crippen LogP contribution in [-0.4, -0.2) is 23.1 Å². The number of thioether (sulfide) groups is 1. The maximum absolute atomic E-state index is 3.77. The molecule has 0 fully saturated rings. The Hall–Kier alpha value is 0.0500. The van der Waals surface area contributed by atoms with E-state index in [1.165, 1.54) is 12.2 Å². The third-order valence-corrected chi connectivity index (χ3v) is 3.36. The highest BCUT2D eigenvalue weighted by Crippen LogP contribution is 2.24. The van der Waals surface area contributed by atoms with Crippen molar-refractivity contribution in [1.82, 2.24) is 5.32 Å². The summed E-state index contributed by atoms with van der Waals surface area (Å²) in [6, 6.07) is 0.641. The Morgan fingerprint density at radius 1 is 1.43 bits per heavy atom. The van der Waals surface area contributed by atoms with Crippen LogP contribution in [0.4, 0.5) is 0 Å². The molecule has 0 saturated heterocycles. The van der Waals surface area contributed by atoms with Crippen LogP contribution in [0.3, 0.4) is 0 Å². The van der Waals surface area contributed by atoms with Crippen LogP contribution in [0, 0.1) is 0 Å². The smallest absolute Gasteiger partial charge is 0.0161 e. The third-order valence-electron chi connectivity index (χ3n) is 1.93. The summed E-state index contributed by atoms with van der Waals surface area (Å²) in [5, 5.41) is 3.52. The molecule has 0 radical (unpaired) electrons. The van der Waals surface area contributed by atoms with Crippen molar-refractivity contribution in [3.63, 3.8) is 0 Å². The molecule has 14 heavy (non-hydrogen) atoms. The van der Waals surface area contributed by atoms with Crippen molar-refractivity contribution in [3.8, 4) is 0 Å². The monoisotopic (exact) mass is 215 g/mol. The molecule has 0 aromatic heterocycles. The van der Waals surface area contributed by atoms with E-state index in [0.717, 1.165) is 13.0 Å². The van der Waals surface area contributed by atoms with Crippen LogP contribution < -0.4 is 5.32 Å². The van der Waals surface area contributed by atoms with Gasteiger partial charge in [-0.3, -0.25) is 0 Å². The first kappa shape index (κ1) is 14.1.